The highest BCUT2D eigenvalue weighted by Gasteiger charge is 2.43. The summed E-state index contributed by atoms with van der Waals surface area (Å²) in [6.07, 6.45) is 5.35. The van der Waals surface area contributed by atoms with E-state index in [1.165, 1.54) is 6.42 Å². The number of ether oxygens (including phenoxy) is 2. The molecule has 164 valence electrons. The quantitative estimate of drug-likeness (QED) is 0.707. The van der Waals surface area contributed by atoms with E-state index >= 15 is 0 Å². The van der Waals surface area contributed by atoms with Gasteiger partial charge in [-0.1, -0.05) is 55.7 Å². The summed E-state index contributed by atoms with van der Waals surface area (Å²) in [6.45, 7) is 0.545. The lowest BCUT2D eigenvalue weighted by atomic mass is 9.91. The molecule has 6 heteroatoms. The molecule has 1 atom stereocenters. The minimum Gasteiger partial charge on any atom is -0.493 e. The molecule has 1 saturated heterocycles. The summed E-state index contributed by atoms with van der Waals surface area (Å²) < 4.78 is 10.8. The monoisotopic (exact) mass is 422 g/mol. The molecule has 2 aromatic rings. The fourth-order valence-corrected chi connectivity index (χ4v) is 4.76. The highest BCUT2D eigenvalue weighted by atomic mass is 16.5. The van der Waals surface area contributed by atoms with Gasteiger partial charge in [0.1, 0.15) is 12.6 Å². The van der Waals surface area contributed by atoms with Crippen molar-refractivity contribution in [2.75, 3.05) is 20.8 Å². The predicted molar refractivity (Wildman–Crippen MR) is 118 cm³/mol. The van der Waals surface area contributed by atoms with E-state index < -0.39 is 6.04 Å². The molecule has 0 aromatic heterocycles. The third-order valence-electron chi connectivity index (χ3n) is 6.39. The normalized spacial score (nSPS) is 20.1. The first-order valence-corrected chi connectivity index (χ1v) is 11.0. The second kappa shape index (κ2) is 9.41. The molecule has 2 aliphatic rings. The van der Waals surface area contributed by atoms with Gasteiger partial charge in [-0.3, -0.25) is 9.59 Å². The SMILES string of the molecule is COc1ccc([C@H]2C(=O)N(C3CCCCC3)CC(=O)N2Cc2ccccc2)cc1OC. The number of hydrogen-bond acceptors (Lipinski definition) is 4. The molecule has 1 heterocycles. The van der Waals surface area contributed by atoms with Crippen LogP contribution in [0.3, 0.4) is 0 Å². The molecular weight excluding hydrogens is 392 g/mol. The number of amides is 2. The number of hydrogen-bond donors (Lipinski definition) is 0. The van der Waals surface area contributed by atoms with E-state index in [0.29, 0.717) is 18.0 Å². The molecule has 1 aliphatic carbocycles. The Kier molecular flexibility index (Phi) is 6.44. The summed E-state index contributed by atoms with van der Waals surface area (Å²) in [5, 5.41) is 0. The lowest BCUT2D eigenvalue weighted by Gasteiger charge is -2.44. The van der Waals surface area contributed by atoms with Gasteiger partial charge in [0.15, 0.2) is 11.5 Å². The largest absolute Gasteiger partial charge is 0.493 e. The molecule has 0 N–H and O–H groups in total. The van der Waals surface area contributed by atoms with E-state index in [1.54, 1.807) is 25.2 Å². The van der Waals surface area contributed by atoms with Crippen molar-refractivity contribution in [3.05, 3.63) is 59.7 Å². The van der Waals surface area contributed by atoms with E-state index in [9.17, 15) is 9.59 Å². The minimum absolute atomic E-state index is 0.00495. The molecule has 31 heavy (non-hydrogen) atoms. The zero-order chi connectivity index (χ0) is 21.8. The Bertz CT molecular complexity index is 924. The Morgan fingerprint density at radius 1 is 0.903 bits per heavy atom. The Balaban J connectivity index is 1.71. The fraction of sp³-hybridized carbons (Fsp3) is 0.440. The van der Waals surface area contributed by atoms with Gasteiger partial charge >= 0.3 is 0 Å². The fourth-order valence-electron chi connectivity index (χ4n) is 4.76. The van der Waals surface area contributed by atoms with Crippen LogP contribution in [0.25, 0.3) is 0 Å². The van der Waals surface area contributed by atoms with Crippen molar-refractivity contribution in [1.82, 2.24) is 9.80 Å². The summed E-state index contributed by atoms with van der Waals surface area (Å²) in [5.41, 5.74) is 1.74. The van der Waals surface area contributed by atoms with Crippen LogP contribution >= 0.6 is 0 Å². The van der Waals surface area contributed by atoms with Crippen molar-refractivity contribution in [3.63, 3.8) is 0 Å². The maximum absolute atomic E-state index is 13.8. The first kappa shape index (κ1) is 21.2. The molecule has 2 amide bonds. The number of carbonyl (C=O) groups excluding carboxylic acids is 2. The van der Waals surface area contributed by atoms with Crippen LogP contribution in [0.15, 0.2) is 48.5 Å². The number of rotatable bonds is 6. The molecule has 0 bridgehead atoms. The van der Waals surface area contributed by atoms with Gasteiger partial charge in [0.2, 0.25) is 5.91 Å². The molecule has 1 aliphatic heterocycles. The van der Waals surface area contributed by atoms with Crippen LogP contribution in [0.1, 0.15) is 49.3 Å². The summed E-state index contributed by atoms with van der Waals surface area (Å²) in [7, 11) is 3.16. The van der Waals surface area contributed by atoms with Crippen LogP contribution in [0.2, 0.25) is 0 Å². The van der Waals surface area contributed by atoms with Crippen LogP contribution in [-0.4, -0.2) is 48.4 Å². The first-order valence-electron chi connectivity index (χ1n) is 11.0. The number of methoxy groups -OCH3 is 2. The average Bonchev–Trinajstić information content (AvgIpc) is 2.82. The Labute approximate surface area is 183 Å². The zero-order valence-corrected chi connectivity index (χ0v) is 18.3. The molecule has 1 saturated carbocycles. The van der Waals surface area contributed by atoms with Crippen molar-refractivity contribution in [1.29, 1.82) is 0 Å². The first-order chi connectivity index (χ1) is 15.1. The summed E-state index contributed by atoms with van der Waals surface area (Å²) >= 11 is 0. The maximum atomic E-state index is 13.8. The van der Waals surface area contributed by atoms with Gasteiger partial charge in [-0.2, -0.15) is 0 Å². The maximum Gasteiger partial charge on any atom is 0.250 e. The van der Waals surface area contributed by atoms with E-state index in [2.05, 4.69) is 0 Å². The second-order valence-corrected chi connectivity index (χ2v) is 8.28. The van der Waals surface area contributed by atoms with Gasteiger partial charge in [-0.05, 0) is 36.1 Å². The van der Waals surface area contributed by atoms with Crippen molar-refractivity contribution in [3.8, 4) is 11.5 Å². The van der Waals surface area contributed by atoms with E-state index in [-0.39, 0.29) is 24.4 Å². The van der Waals surface area contributed by atoms with Crippen molar-refractivity contribution in [2.24, 2.45) is 0 Å². The van der Waals surface area contributed by atoms with Gasteiger partial charge in [0.05, 0.1) is 14.2 Å². The highest BCUT2D eigenvalue weighted by Crippen LogP contribution is 2.37. The highest BCUT2D eigenvalue weighted by molar-refractivity contribution is 5.96. The number of nitrogens with zero attached hydrogens (tertiary/aromatic N) is 2. The van der Waals surface area contributed by atoms with E-state index in [4.69, 9.17) is 9.47 Å². The second-order valence-electron chi connectivity index (χ2n) is 8.28. The van der Waals surface area contributed by atoms with Gasteiger partial charge in [0, 0.05) is 12.6 Å². The van der Waals surface area contributed by atoms with Crippen LogP contribution in [0, 0.1) is 0 Å². The molecule has 4 rings (SSSR count). The van der Waals surface area contributed by atoms with Crippen LogP contribution in [0.4, 0.5) is 0 Å². The minimum atomic E-state index is -0.678. The molecule has 6 nitrogen and oxygen atoms in total. The molecule has 2 aromatic carbocycles. The van der Waals surface area contributed by atoms with Gasteiger partial charge < -0.3 is 19.3 Å². The van der Waals surface area contributed by atoms with E-state index in [0.717, 1.165) is 36.8 Å². The van der Waals surface area contributed by atoms with Gasteiger partial charge in [-0.25, -0.2) is 0 Å². The van der Waals surface area contributed by atoms with Crippen molar-refractivity contribution < 1.29 is 19.1 Å². The van der Waals surface area contributed by atoms with Crippen LogP contribution in [0.5, 0.6) is 11.5 Å². The summed E-state index contributed by atoms with van der Waals surface area (Å²) in [4.78, 5) is 30.7. The summed E-state index contributed by atoms with van der Waals surface area (Å²) in [5.74, 6) is 1.12. The van der Waals surface area contributed by atoms with Gasteiger partial charge in [0.25, 0.3) is 5.91 Å². The standard InChI is InChI=1S/C25H30N2O4/c1-30-21-14-13-19(15-22(21)31-2)24-25(29)26(20-11-7-4-8-12-20)17-23(28)27(24)16-18-9-5-3-6-10-18/h3,5-6,9-10,13-15,20,24H,4,7-8,11-12,16-17H2,1-2H3/t24-/m0/s1. The third kappa shape index (κ3) is 4.38. The van der Waals surface area contributed by atoms with Gasteiger partial charge in [-0.15, -0.1) is 0 Å². The van der Waals surface area contributed by atoms with Crippen molar-refractivity contribution in [2.45, 2.75) is 50.7 Å². The Hall–Kier alpha value is -3.02. The van der Waals surface area contributed by atoms with Crippen molar-refractivity contribution >= 4 is 11.8 Å². The smallest absolute Gasteiger partial charge is 0.250 e. The lowest BCUT2D eigenvalue weighted by Crippen LogP contribution is -2.58. The molecule has 0 spiro atoms. The topological polar surface area (TPSA) is 59.1 Å². The van der Waals surface area contributed by atoms with E-state index in [1.807, 2.05) is 47.4 Å². The molecule has 0 radical (unpaired) electrons. The zero-order valence-electron chi connectivity index (χ0n) is 18.3. The lowest BCUT2D eigenvalue weighted by molar-refractivity contribution is -0.160. The van der Waals surface area contributed by atoms with Crippen LogP contribution in [-0.2, 0) is 16.1 Å². The summed E-state index contributed by atoms with van der Waals surface area (Å²) in [6, 6.07) is 14.8. The average molecular weight is 423 g/mol. The predicted octanol–water partition coefficient (Wildman–Crippen LogP) is 3.95. The Morgan fingerprint density at radius 3 is 2.29 bits per heavy atom. The molecule has 0 unspecified atom stereocenters. The third-order valence-corrected chi connectivity index (χ3v) is 6.39. The molecule has 2 fully saturated rings. The number of carbonyl (C=O) groups is 2. The molecular formula is C25H30N2O4. The number of benzene rings is 2. The van der Waals surface area contributed by atoms with Crippen LogP contribution < -0.4 is 9.47 Å². The number of piperazine rings is 1. The Morgan fingerprint density at radius 2 is 1.61 bits per heavy atom.